The van der Waals surface area contributed by atoms with Crippen LogP contribution in [0.1, 0.15) is 46.5 Å². The highest BCUT2D eigenvalue weighted by Crippen LogP contribution is 2.22. The van der Waals surface area contributed by atoms with Crippen molar-refractivity contribution in [3.05, 3.63) is 0 Å². The topological polar surface area (TPSA) is 58.2 Å². The van der Waals surface area contributed by atoms with Gasteiger partial charge < -0.3 is 5.32 Å². The fraction of sp³-hybridized carbons (Fsp3) is 1.00. The molecule has 0 aromatic rings. The monoisotopic (exact) mass is 264 g/mol. The molecule has 0 heterocycles. The number of unbranched alkanes of at least 4 members (excludes halogenated alkanes) is 2. The molecule has 0 unspecified atom stereocenters. The van der Waals surface area contributed by atoms with E-state index in [1.165, 1.54) is 19.3 Å². The van der Waals surface area contributed by atoms with E-state index in [1.807, 2.05) is 0 Å². The molecule has 0 aromatic carbocycles. The second-order valence-corrected chi connectivity index (χ2v) is 7.29. The van der Waals surface area contributed by atoms with Gasteiger partial charge in [0.05, 0.1) is 5.75 Å². The average molecular weight is 264 g/mol. The summed E-state index contributed by atoms with van der Waals surface area (Å²) >= 11 is 0. The fourth-order valence-electron chi connectivity index (χ4n) is 1.56. The molecule has 0 aromatic heterocycles. The van der Waals surface area contributed by atoms with Gasteiger partial charge in [0.1, 0.15) is 0 Å². The van der Waals surface area contributed by atoms with Crippen molar-refractivity contribution in [1.82, 2.24) is 10.0 Å². The molecule has 0 bridgehead atoms. The third-order valence-corrected chi connectivity index (χ3v) is 4.17. The van der Waals surface area contributed by atoms with Crippen LogP contribution in [-0.4, -0.2) is 34.3 Å². The molecule has 0 aliphatic rings. The molecule has 0 radical (unpaired) electrons. The SMILES string of the molecule is CCCCCC(C)(C)CNS(=O)(=O)CCNC. The highest BCUT2D eigenvalue weighted by molar-refractivity contribution is 7.89. The van der Waals surface area contributed by atoms with E-state index in [2.05, 4.69) is 30.8 Å². The smallest absolute Gasteiger partial charge is 0.212 e. The molecule has 0 fully saturated rings. The minimum absolute atomic E-state index is 0.0435. The highest BCUT2D eigenvalue weighted by atomic mass is 32.2. The minimum atomic E-state index is -3.12. The fourth-order valence-corrected chi connectivity index (χ4v) is 2.78. The summed E-state index contributed by atoms with van der Waals surface area (Å²) in [4.78, 5) is 0. The number of hydrogen-bond donors (Lipinski definition) is 2. The molecule has 4 nitrogen and oxygen atoms in total. The molecule has 0 saturated heterocycles. The van der Waals surface area contributed by atoms with Crippen molar-refractivity contribution in [2.45, 2.75) is 46.5 Å². The molecule has 2 N–H and O–H groups in total. The predicted molar refractivity (Wildman–Crippen MR) is 73.6 cm³/mol. The van der Waals surface area contributed by atoms with E-state index in [-0.39, 0.29) is 11.2 Å². The van der Waals surface area contributed by atoms with Gasteiger partial charge in [0.2, 0.25) is 10.0 Å². The van der Waals surface area contributed by atoms with Crippen LogP contribution in [0, 0.1) is 5.41 Å². The van der Waals surface area contributed by atoms with Crippen molar-refractivity contribution in [3.63, 3.8) is 0 Å². The second kappa shape index (κ2) is 8.06. The van der Waals surface area contributed by atoms with Gasteiger partial charge in [0.15, 0.2) is 0 Å². The number of hydrogen-bond acceptors (Lipinski definition) is 3. The van der Waals surface area contributed by atoms with Crippen LogP contribution in [0.3, 0.4) is 0 Å². The van der Waals surface area contributed by atoms with Crippen molar-refractivity contribution in [2.24, 2.45) is 5.41 Å². The number of rotatable bonds is 10. The Bertz CT molecular complexity index is 287. The Balaban J connectivity index is 3.98. The third kappa shape index (κ3) is 9.56. The van der Waals surface area contributed by atoms with Crippen LogP contribution >= 0.6 is 0 Å². The summed E-state index contributed by atoms with van der Waals surface area (Å²) in [6.45, 7) is 7.42. The molecular weight excluding hydrogens is 236 g/mol. The Morgan fingerprint density at radius 1 is 1.18 bits per heavy atom. The summed E-state index contributed by atoms with van der Waals surface area (Å²) in [6.07, 6.45) is 4.65. The van der Waals surface area contributed by atoms with E-state index in [0.717, 1.165) is 6.42 Å². The van der Waals surface area contributed by atoms with Crippen molar-refractivity contribution in [3.8, 4) is 0 Å². The van der Waals surface area contributed by atoms with Gasteiger partial charge in [0, 0.05) is 13.1 Å². The van der Waals surface area contributed by atoms with E-state index in [9.17, 15) is 8.42 Å². The first kappa shape index (κ1) is 16.9. The quantitative estimate of drug-likeness (QED) is 0.591. The molecule has 0 aliphatic carbocycles. The molecular formula is C12H28N2O2S. The summed E-state index contributed by atoms with van der Waals surface area (Å²) in [5, 5.41) is 2.84. The van der Waals surface area contributed by atoms with E-state index in [1.54, 1.807) is 7.05 Å². The molecule has 5 heteroatoms. The van der Waals surface area contributed by atoms with Gasteiger partial charge in [-0.3, -0.25) is 0 Å². The lowest BCUT2D eigenvalue weighted by molar-refractivity contribution is 0.320. The average Bonchev–Trinajstić information content (AvgIpc) is 2.25. The van der Waals surface area contributed by atoms with E-state index in [0.29, 0.717) is 13.1 Å². The van der Waals surface area contributed by atoms with Gasteiger partial charge in [-0.15, -0.1) is 0 Å². The van der Waals surface area contributed by atoms with Gasteiger partial charge in [-0.05, 0) is 18.9 Å². The van der Waals surface area contributed by atoms with E-state index >= 15 is 0 Å². The van der Waals surface area contributed by atoms with Crippen LogP contribution in [0.15, 0.2) is 0 Å². The molecule has 0 spiro atoms. The molecule has 0 rings (SSSR count). The van der Waals surface area contributed by atoms with E-state index < -0.39 is 10.0 Å². The normalized spacial score (nSPS) is 12.9. The molecule has 0 saturated carbocycles. The number of nitrogens with one attached hydrogen (secondary N) is 2. The largest absolute Gasteiger partial charge is 0.319 e. The first-order chi connectivity index (χ1) is 7.83. The second-order valence-electron chi connectivity index (χ2n) is 5.36. The molecule has 0 aliphatic heterocycles. The zero-order chi connectivity index (χ0) is 13.4. The van der Waals surface area contributed by atoms with Crippen molar-refractivity contribution < 1.29 is 8.42 Å². The minimum Gasteiger partial charge on any atom is -0.319 e. The number of sulfonamides is 1. The molecule has 0 amide bonds. The maximum absolute atomic E-state index is 11.6. The van der Waals surface area contributed by atoms with Crippen LogP contribution in [0.5, 0.6) is 0 Å². The Labute approximate surface area is 107 Å². The summed E-state index contributed by atoms with van der Waals surface area (Å²) in [5.74, 6) is 0.147. The standard InChI is InChI=1S/C12H28N2O2S/c1-5-6-7-8-12(2,3)11-14-17(15,16)10-9-13-4/h13-14H,5-11H2,1-4H3. The Morgan fingerprint density at radius 2 is 1.82 bits per heavy atom. The molecule has 17 heavy (non-hydrogen) atoms. The highest BCUT2D eigenvalue weighted by Gasteiger charge is 2.20. The summed E-state index contributed by atoms with van der Waals surface area (Å²) in [7, 11) is -1.37. The first-order valence-electron chi connectivity index (χ1n) is 6.45. The van der Waals surface area contributed by atoms with Crippen molar-refractivity contribution in [2.75, 3.05) is 25.9 Å². The summed E-state index contributed by atoms with van der Waals surface area (Å²) < 4.78 is 25.9. The summed E-state index contributed by atoms with van der Waals surface area (Å²) in [6, 6.07) is 0. The Morgan fingerprint density at radius 3 is 2.35 bits per heavy atom. The molecule has 0 atom stereocenters. The van der Waals surface area contributed by atoms with Gasteiger partial charge in [0.25, 0.3) is 0 Å². The van der Waals surface area contributed by atoms with Gasteiger partial charge in [-0.1, -0.05) is 40.0 Å². The predicted octanol–water partition coefficient (Wildman–Crippen LogP) is 1.73. The third-order valence-electron chi connectivity index (χ3n) is 2.85. The summed E-state index contributed by atoms with van der Waals surface area (Å²) in [5.41, 5.74) is 0.0435. The zero-order valence-corrected chi connectivity index (χ0v) is 12.5. The molecule has 104 valence electrons. The van der Waals surface area contributed by atoms with Crippen LogP contribution in [0.4, 0.5) is 0 Å². The maximum Gasteiger partial charge on any atom is 0.212 e. The van der Waals surface area contributed by atoms with Gasteiger partial charge in [-0.2, -0.15) is 0 Å². The van der Waals surface area contributed by atoms with E-state index in [4.69, 9.17) is 0 Å². The first-order valence-corrected chi connectivity index (χ1v) is 8.10. The lowest BCUT2D eigenvalue weighted by atomic mass is 9.87. The van der Waals surface area contributed by atoms with Crippen LogP contribution in [0.2, 0.25) is 0 Å². The van der Waals surface area contributed by atoms with Crippen LogP contribution in [-0.2, 0) is 10.0 Å². The lowest BCUT2D eigenvalue weighted by Gasteiger charge is -2.24. The lowest BCUT2D eigenvalue weighted by Crippen LogP contribution is -2.37. The Kier molecular flexibility index (Phi) is 8.00. The van der Waals surface area contributed by atoms with Gasteiger partial charge in [-0.25, -0.2) is 13.1 Å². The van der Waals surface area contributed by atoms with Crippen molar-refractivity contribution >= 4 is 10.0 Å². The van der Waals surface area contributed by atoms with Crippen LogP contribution < -0.4 is 10.0 Å². The maximum atomic E-state index is 11.6. The van der Waals surface area contributed by atoms with Gasteiger partial charge >= 0.3 is 0 Å². The zero-order valence-electron chi connectivity index (χ0n) is 11.7. The van der Waals surface area contributed by atoms with Crippen LogP contribution in [0.25, 0.3) is 0 Å². The van der Waals surface area contributed by atoms with Crippen molar-refractivity contribution in [1.29, 1.82) is 0 Å². The Hall–Kier alpha value is -0.130.